The number of anilines is 2. The molecule has 39 heavy (non-hydrogen) atoms. The maximum absolute atomic E-state index is 14.6. The molecule has 1 spiro atoms. The minimum Gasteiger partial charge on any atom is -0.352 e. The maximum Gasteiger partial charge on any atom is 0.238 e. The molecule has 0 unspecified atom stereocenters. The van der Waals surface area contributed by atoms with Crippen molar-refractivity contribution in [1.82, 2.24) is 4.98 Å². The van der Waals surface area contributed by atoms with E-state index < -0.39 is 23.4 Å². The number of pyridine rings is 1. The Bertz CT molecular complexity index is 1680. The highest BCUT2D eigenvalue weighted by atomic mass is 79.9. The average Bonchev–Trinajstić information content (AvgIpc) is 3.45. The van der Waals surface area contributed by atoms with E-state index in [9.17, 15) is 14.4 Å². The Balaban J connectivity index is 1.54. The van der Waals surface area contributed by atoms with E-state index in [1.54, 1.807) is 36.7 Å². The molecule has 4 aromatic rings. The largest absolute Gasteiger partial charge is 0.352 e. The van der Waals surface area contributed by atoms with Crippen molar-refractivity contribution in [3.05, 3.63) is 130 Å². The number of benzene rings is 3. The summed E-state index contributed by atoms with van der Waals surface area (Å²) in [6.07, 6.45) is 7.09. The first kappa shape index (κ1) is 23.7. The SMILES string of the molecule is O=C(c1ccc(Br)cc1)[C@@H]1[C@H](C(=O)c2ccncc2)[C@@]2(C(=O)Nc3ccccc32)[C@@H]2C=Cc3ccccc3N12. The molecule has 6 nitrogen and oxygen atoms in total. The van der Waals surface area contributed by atoms with Crippen LogP contribution in [0.5, 0.6) is 0 Å². The van der Waals surface area contributed by atoms with Crippen LogP contribution in [0.15, 0.2) is 108 Å². The number of aromatic nitrogens is 1. The molecule has 0 aliphatic carbocycles. The van der Waals surface area contributed by atoms with Gasteiger partial charge >= 0.3 is 0 Å². The van der Waals surface area contributed by atoms with Crippen molar-refractivity contribution in [3.63, 3.8) is 0 Å². The van der Waals surface area contributed by atoms with Crippen LogP contribution in [0.2, 0.25) is 0 Å². The smallest absolute Gasteiger partial charge is 0.238 e. The number of hydrogen-bond acceptors (Lipinski definition) is 5. The molecule has 1 saturated heterocycles. The van der Waals surface area contributed by atoms with Crippen molar-refractivity contribution in [2.24, 2.45) is 5.92 Å². The Morgan fingerprint density at radius 1 is 0.846 bits per heavy atom. The summed E-state index contributed by atoms with van der Waals surface area (Å²) in [6, 6.07) is 24.3. The van der Waals surface area contributed by atoms with Crippen molar-refractivity contribution < 1.29 is 14.4 Å². The van der Waals surface area contributed by atoms with Gasteiger partial charge < -0.3 is 10.2 Å². The van der Waals surface area contributed by atoms with Gasteiger partial charge in [0.25, 0.3) is 0 Å². The number of fused-ring (bicyclic) bond motifs is 6. The molecule has 4 atom stereocenters. The van der Waals surface area contributed by atoms with E-state index in [2.05, 4.69) is 26.2 Å². The van der Waals surface area contributed by atoms with E-state index in [-0.39, 0.29) is 17.5 Å². The van der Waals surface area contributed by atoms with Crippen molar-refractivity contribution in [3.8, 4) is 0 Å². The van der Waals surface area contributed by atoms with Crippen molar-refractivity contribution in [2.75, 3.05) is 10.2 Å². The number of ketones is 2. The van der Waals surface area contributed by atoms with Gasteiger partial charge in [-0.1, -0.05) is 76.6 Å². The van der Waals surface area contributed by atoms with Crippen LogP contribution in [0, 0.1) is 5.92 Å². The van der Waals surface area contributed by atoms with Gasteiger partial charge in [-0.05, 0) is 47.5 Å². The molecule has 1 aromatic heterocycles. The topological polar surface area (TPSA) is 79.4 Å². The van der Waals surface area contributed by atoms with Gasteiger partial charge in [-0.15, -0.1) is 0 Å². The molecule has 4 heterocycles. The first-order valence-electron chi connectivity index (χ1n) is 12.7. The first-order valence-corrected chi connectivity index (χ1v) is 13.5. The fourth-order valence-corrected chi connectivity index (χ4v) is 6.86. The number of Topliss-reactive ketones (excluding diaryl/α,β-unsaturated/α-hetero) is 2. The number of carbonyl (C=O) groups excluding carboxylic acids is 3. The summed E-state index contributed by atoms with van der Waals surface area (Å²) >= 11 is 3.45. The monoisotopic (exact) mass is 575 g/mol. The molecule has 7 rings (SSSR count). The van der Waals surface area contributed by atoms with Crippen LogP contribution >= 0.6 is 15.9 Å². The lowest BCUT2D eigenvalue weighted by molar-refractivity contribution is -0.121. The summed E-state index contributed by atoms with van der Waals surface area (Å²) in [4.78, 5) is 49.5. The van der Waals surface area contributed by atoms with Crippen LogP contribution in [-0.4, -0.2) is 34.5 Å². The summed E-state index contributed by atoms with van der Waals surface area (Å²) in [5, 5.41) is 3.05. The zero-order valence-corrected chi connectivity index (χ0v) is 22.2. The third kappa shape index (κ3) is 3.32. The molecule has 0 radical (unpaired) electrons. The zero-order chi connectivity index (χ0) is 26.7. The van der Waals surface area contributed by atoms with Crippen LogP contribution in [0.3, 0.4) is 0 Å². The maximum atomic E-state index is 14.6. The van der Waals surface area contributed by atoms with Crippen molar-refractivity contribution in [1.29, 1.82) is 0 Å². The fraction of sp³-hybridized carbons (Fsp3) is 0.125. The number of rotatable bonds is 4. The summed E-state index contributed by atoms with van der Waals surface area (Å²) in [6.45, 7) is 0. The molecule has 3 aromatic carbocycles. The van der Waals surface area contributed by atoms with Gasteiger partial charge in [-0.3, -0.25) is 19.4 Å². The molecule has 3 aliphatic heterocycles. The van der Waals surface area contributed by atoms with Crippen LogP contribution in [0.25, 0.3) is 6.08 Å². The summed E-state index contributed by atoms with van der Waals surface area (Å²) < 4.78 is 0.847. The molecule has 0 saturated carbocycles. The Morgan fingerprint density at radius 3 is 2.33 bits per heavy atom. The summed E-state index contributed by atoms with van der Waals surface area (Å²) in [5.41, 5.74) is 2.72. The standard InChI is InChI=1S/C32H22BrN3O3/c33-22-12-9-20(10-13-22)30(38)28-27(29(37)21-15-17-34-18-16-21)32(23-6-2-3-7-24(23)35-31(32)39)26-14-11-19-5-1-4-8-25(19)36(26)28/h1-18,26-28H,(H,35,39)/t26-,27+,28-,32-/m0/s1. The number of amides is 1. The molecular formula is C32H22BrN3O3. The highest BCUT2D eigenvalue weighted by Gasteiger charge is 2.70. The lowest BCUT2D eigenvalue weighted by Gasteiger charge is -2.37. The summed E-state index contributed by atoms with van der Waals surface area (Å²) in [5.74, 6) is -1.75. The predicted octanol–water partition coefficient (Wildman–Crippen LogP) is 5.70. The van der Waals surface area contributed by atoms with Gasteiger partial charge in [0.05, 0.1) is 12.0 Å². The minimum absolute atomic E-state index is 0.209. The number of nitrogens with zero attached hydrogens (tertiary/aromatic N) is 2. The second-order valence-electron chi connectivity index (χ2n) is 10.0. The van der Waals surface area contributed by atoms with Gasteiger partial charge in [-0.25, -0.2) is 0 Å². The van der Waals surface area contributed by atoms with E-state index in [1.807, 2.05) is 77.7 Å². The zero-order valence-electron chi connectivity index (χ0n) is 20.6. The van der Waals surface area contributed by atoms with Gasteiger partial charge in [-0.2, -0.15) is 0 Å². The molecule has 3 aliphatic rings. The average molecular weight is 576 g/mol. The highest BCUT2D eigenvalue weighted by molar-refractivity contribution is 9.10. The van der Waals surface area contributed by atoms with Crippen LogP contribution in [0.4, 0.5) is 11.4 Å². The number of carbonyl (C=O) groups is 3. The Labute approximate surface area is 233 Å². The lowest BCUT2D eigenvalue weighted by atomic mass is 9.64. The molecule has 1 amide bonds. The molecule has 1 fully saturated rings. The number of para-hydroxylation sites is 2. The van der Waals surface area contributed by atoms with E-state index in [1.165, 1.54) is 0 Å². The van der Waals surface area contributed by atoms with Gasteiger partial charge in [0.1, 0.15) is 11.5 Å². The van der Waals surface area contributed by atoms with Crippen molar-refractivity contribution in [2.45, 2.75) is 17.5 Å². The van der Waals surface area contributed by atoms with E-state index in [4.69, 9.17) is 0 Å². The van der Waals surface area contributed by atoms with Crippen LogP contribution in [-0.2, 0) is 10.2 Å². The first-order chi connectivity index (χ1) is 19.0. The Kier molecular flexibility index (Phi) is 5.39. The number of hydrogen-bond donors (Lipinski definition) is 1. The predicted molar refractivity (Wildman–Crippen MR) is 153 cm³/mol. The van der Waals surface area contributed by atoms with Gasteiger partial charge in [0, 0.05) is 39.4 Å². The van der Waals surface area contributed by atoms with E-state index >= 15 is 0 Å². The minimum atomic E-state index is -1.32. The van der Waals surface area contributed by atoms with Gasteiger partial charge in [0.15, 0.2) is 11.6 Å². The van der Waals surface area contributed by atoms with Crippen molar-refractivity contribution >= 4 is 50.9 Å². The normalized spacial score (nSPS) is 24.2. The number of halogens is 1. The third-order valence-electron chi connectivity index (χ3n) is 8.19. The molecule has 7 heteroatoms. The molecular weight excluding hydrogens is 554 g/mol. The summed E-state index contributed by atoms with van der Waals surface area (Å²) in [7, 11) is 0. The molecule has 0 bridgehead atoms. The lowest BCUT2D eigenvalue weighted by Crippen LogP contribution is -2.51. The Hall–Kier alpha value is -4.36. The number of nitrogens with one attached hydrogen (secondary N) is 1. The highest BCUT2D eigenvalue weighted by Crippen LogP contribution is 2.58. The molecule has 190 valence electrons. The van der Waals surface area contributed by atoms with Crippen LogP contribution in [0.1, 0.15) is 31.8 Å². The molecule has 1 N–H and O–H groups in total. The quantitative estimate of drug-likeness (QED) is 0.316. The Morgan fingerprint density at radius 2 is 1.54 bits per heavy atom. The second kappa shape index (κ2) is 8.85. The van der Waals surface area contributed by atoms with E-state index in [0.717, 1.165) is 21.3 Å². The second-order valence-corrected chi connectivity index (χ2v) is 10.9. The van der Waals surface area contributed by atoms with E-state index in [0.29, 0.717) is 16.8 Å². The third-order valence-corrected chi connectivity index (χ3v) is 8.72. The van der Waals surface area contributed by atoms with Gasteiger partial charge in [0.2, 0.25) is 5.91 Å². The fourth-order valence-electron chi connectivity index (χ4n) is 6.60. The van der Waals surface area contributed by atoms with Crippen LogP contribution < -0.4 is 10.2 Å².